The molecule has 190 valence electrons. The van der Waals surface area contributed by atoms with Crippen LogP contribution in [0.3, 0.4) is 0 Å². The molecule has 0 aliphatic rings. The van der Waals surface area contributed by atoms with Crippen molar-refractivity contribution in [2.75, 3.05) is 10.6 Å². The summed E-state index contributed by atoms with van der Waals surface area (Å²) < 4.78 is 6.29. The maximum atomic E-state index is 13.4. The van der Waals surface area contributed by atoms with E-state index in [4.69, 9.17) is 16.3 Å². The molecule has 0 fully saturated rings. The van der Waals surface area contributed by atoms with E-state index in [1.165, 1.54) is 30.3 Å². The van der Waals surface area contributed by atoms with Gasteiger partial charge in [0.05, 0.1) is 11.7 Å². The molecule has 4 rings (SSSR count). The van der Waals surface area contributed by atoms with E-state index in [0.29, 0.717) is 27.7 Å². The van der Waals surface area contributed by atoms with Gasteiger partial charge in [0, 0.05) is 28.2 Å². The van der Waals surface area contributed by atoms with Gasteiger partial charge in [0.2, 0.25) is 0 Å². The quantitative estimate of drug-likeness (QED) is 0.330. The largest absolute Gasteiger partial charge is 0.459 e. The molecule has 0 unspecified atom stereocenters. The van der Waals surface area contributed by atoms with E-state index < -0.39 is 23.3 Å². The summed E-state index contributed by atoms with van der Waals surface area (Å²) in [6.07, 6.45) is -0.268. The molecule has 9 nitrogen and oxygen atoms in total. The second kappa shape index (κ2) is 10.5. The van der Waals surface area contributed by atoms with Gasteiger partial charge in [-0.3, -0.25) is 14.4 Å². The van der Waals surface area contributed by atoms with Crippen LogP contribution in [-0.2, 0) is 4.74 Å². The summed E-state index contributed by atoms with van der Waals surface area (Å²) in [7, 11) is 0. The molecule has 0 bridgehead atoms. The van der Waals surface area contributed by atoms with Crippen molar-refractivity contribution in [1.29, 1.82) is 0 Å². The highest BCUT2D eigenvalue weighted by atomic mass is 35.5. The van der Waals surface area contributed by atoms with Crippen molar-refractivity contribution in [2.45, 2.75) is 33.8 Å². The molecule has 2 amide bonds. The third-order valence-corrected chi connectivity index (χ3v) is 6.50. The van der Waals surface area contributed by atoms with Crippen LogP contribution in [0.5, 0.6) is 0 Å². The summed E-state index contributed by atoms with van der Waals surface area (Å²) in [4.78, 5) is 56.2. The summed E-state index contributed by atoms with van der Waals surface area (Å²) in [5.74, 6) is -1.74. The smallest absolute Gasteiger partial charge is 0.338 e. The van der Waals surface area contributed by atoms with Gasteiger partial charge in [0.25, 0.3) is 17.4 Å². The third kappa shape index (κ3) is 5.71. The highest BCUT2D eigenvalue weighted by molar-refractivity contribution is 7.19. The topological polar surface area (TPSA) is 119 Å². The second-order valence-electron chi connectivity index (χ2n) is 8.53. The molecule has 11 heteroatoms. The number of hydrogen-bond acceptors (Lipinski definition) is 7. The molecule has 2 heterocycles. The Kier molecular flexibility index (Phi) is 7.42. The number of carbonyl (C=O) groups is 3. The van der Waals surface area contributed by atoms with E-state index in [9.17, 15) is 19.2 Å². The van der Waals surface area contributed by atoms with E-state index in [1.807, 2.05) is 0 Å². The molecule has 0 radical (unpaired) electrons. The molecule has 0 saturated heterocycles. The number of esters is 1. The number of hydrogen-bond donors (Lipinski definition) is 2. The van der Waals surface area contributed by atoms with Gasteiger partial charge in [0.1, 0.15) is 10.6 Å². The first-order chi connectivity index (χ1) is 17.5. The minimum atomic E-state index is -0.686. The fraction of sp³-hybridized carbons (Fsp3) is 0.192. The number of fused-ring (bicyclic) bond motifs is 1. The molecule has 0 aliphatic heterocycles. The van der Waals surface area contributed by atoms with Crippen LogP contribution in [-0.4, -0.2) is 33.3 Å². The summed E-state index contributed by atoms with van der Waals surface area (Å²) >= 11 is 6.94. The number of nitrogens with one attached hydrogen (secondary N) is 2. The minimum Gasteiger partial charge on any atom is -0.459 e. The first-order valence-electron chi connectivity index (χ1n) is 11.3. The molecular weight excluding hydrogens is 516 g/mol. The lowest BCUT2D eigenvalue weighted by molar-refractivity contribution is 0.0377. The molecule has 2 aromatic heterocycles. The fourth-order valence-electron chi connectivity index (χ4n) is 3.55. The fourth-order valence-corrected chi connectivity index (χ4v) is 4.85. The van der Waals surface area contributed by atoms with Gasteiger partial charge in [0.15, 0.2) is 4.96 Å². The Morgan fingerprint density at radius 3 is 2.35 bits per heavy atom. The Hall–Kier alpha value is -4.02. The van der Waals surface area contributed by atoms with Crippen molar-refractivity contribution in [2.24, 2.45) is 0 Å². The maximum Gasteiger partial charge on any atom is 0.338 e. The number of anilines is 2. The molecule has 0 atom stereocenters. The maximum absolute atomic E-state index is 13.4. The van der Waals surface area contributed by atoms with Gasteiger partial charge < -0.3 is 15.4 Å². The Morgan fingerprint density at radius 2 is 1.70 bits per heavy atom. The Bertz CT molecular complexity index is 1590. The van der Waals surface area contributed by atoms with Crippen molar-refractivity contribution >= 4 is 57.1 Å². The van der Waals surface area contributed by atoms with E-state index >= 15 is 0 Å². The van der Waals surface area contributed by atoms with Crippen LogP contribution in [0.2, 0.25) is 5.02 Å². The molecule has 0 spiro atoms. The Morgan fingerprint density at radius 1 is 1.00 bits per heavy atom. The van der Waals surface area contributed by atoms with Crippen molar-refractivity contribution in [3.63, 3.8) is 0 Å². The van der Waals surface area contributed by atoms with Crippen molar-refractivity contribution in [1.82, 2.24) is 9.38 Å². The highest BCUT2D eigenvalue weighted by Crippen LogP contribution is 2.26. The van der Waals surface area contributed by atoms with Gasteiger partial charge in [-0.1, -0.05) is 22.9 Å². The first-order valence-corrected chi connectivity index (χ1v) is 12.5. The average molecular weight is 539 g/mol. The average Bonchev–Trinajstić information content (AvgIpc) is 3.21. The predicted molar refractivity (Wildman–Crippen MR) is 143 cm³/mol. The number of rotatable bonds is 6. The molecule has 4 aromatic rings. The van der Waals surface area contributed by atoms with Gasteiger partial charge >= 0.3 is 5.97 Å². The van der Waals surface area contributed by atoms with E-state index in [-0.39, 0.29) is 21.6 Å². The number of carbonyl (C=O) groups excluding carboxylic acids is 3. The van der Waals surface area contributed by atoms with Gasteiger partial charge in [-0.25, -0.2) is 14.2 Å². The van der Waals surface area contributed by atoms with Crippen molar-refractivity contribution in [3.05, 3.63) is 91.3 Å². The number of aryl methyl sites for hydroxylation is 2. The molecular formula is C26H23ClN4O5S. The lowest BCUT2D eigenvalue weighted by atomic mass is 10.2. The SMILES string of the molecule is Cc1cc(=O)n2c(C(=O)Nc3ccc(C(=O)OC(C)C)cc3)c(C(=O)Nc3ccc(Cl)cc3C)sc2n1. The van der Waals surface area contributed by atoms with Crippen LogP contribution in [0.1, 0.15) is 55.6 Å². The van der Waals surface area contributed by atoms with Gasteiger partial charge in [-0.2, -0.15) is 0 Å². The van der Waals surface area contributed by atoms with Crippen LogP contribution in [0.25, 0.3) is 4.96 Å². The van der Waals surface area contributed by atoms with E-state index in [1.54, 1.807) is 45.9 Å². The molecule has 2 aromatic carbocycles. The number of thiazole rings is 1. The zero-order valence-corrected chi connectivity index (χ0v) is 22.0. The van der Waals surface area contributed by atoms with Crippen molar-refractivity contribution < 1.29 is 19.1 Å². The number of nitrogens with zero attached hydrogens (tertiary/aromatic N) is 2. The predicted octanol–water partition coefficient (Wildman–Crippen LogP) is 5.10. The van der Waals surface area contributed by atoms with Crippen LogP contribution in [0, 0.1) is 13.8 Å². The molecule has 0 saturated carbocycles. The Labute approximate surface area is 221 Å². The number of ether oxygens (including phenoxy) is 1. The molecule has 37 heavy (non-hydrogen) atoms. The van der Waals surface area contributed by atoms with Crippen LogP contribution >= 0.6 is 22.9 Å². The highest BCUT2D eigenvalue weighted by Gasteiger charge is 2.26. The van der Waals surface area contributed by atoms with E-state index in [2.05, 4.69) is 15.6 Å². The van der Waals surface area contributed by atoms with Crippen molar-refractivity contribution in [3.8, 4) is 0 Å². The van der Waals surface area contributed by atoms with E-state index in [0.717, 1.165) is 21.3 Å². The first kappa shape index (κ1) is 26.1. The van der Waals surface area contributed by atoms with Gasteiger partial charge in [-0.05, 0) is 75.7 Å². The molecule has 0 aliphatic carbocycles. The van der Waals surface area contributed by atoms with Crippen LogP contribution in [0.15, 0.2) is 53.3 Å². The number of amides is 2. The lowest BCUT2D eigenvalue weighted by Crippen LogP contribution is -2.25. The number of benzene rings is 2. The lowest BCUT2D eigenvalue weighted by Gasteiger charge is -2.11. The second-order valence-corrected chi connectivity index (χ2v) is 9.95. The monoisotopic (exact) mass is 538 g/mol. The normalized spacial score (nSPS) is 11.0. The summed E-state index contributed by atoms with van der Waals surface area (Å²) in [5.41, 5.74) is 1.75. The number of aromatic nitrogens is 2. The zero-order chi connectivity index (χ0) is 26.9. The van der Waals surface area contributed by atoms with Crippen LogP contribution < -0.4 is 16.2 Å². The summed E-state index contributed by atoms with van der Waals surface area (Å²) in [6.45, 7) is 6.94. The Balaban J connectivity index is 1.69. The molecule has 2 N–H and O–H groups in total. The van der Waals surface area contributed by atoms with Gasteiger partial charge in [-0.15, -0.1) is 0 Å². The number of halogens is 1. The summed E-state index contributed by atoms with van der Waals surface area (Å²) in [5, 5.41) is 6.00. The summed E-state index contributed by atoms with van der Waals surface area (Å²) in [6, 6.07) is 12.4. The standard InChI is InChI=1S/C26H23ClN4O5S/c1-13(2)36-25(35)16-5-8-18(9-6-16)29-23(33)21-22(37-26-28-15(4)12-20(32)31(21)26)24(34)30-19-10-7-17(27)11-14(19)3/h5-13H,1-4H3,(H,29,33)(H,30,34). The zero-order valence-electron chi connectivity index (χ0n) is 20.4. The third-order valence-electron chi connectivity index (χ3n) is 5.23. The van der Waals surface area contributed by atoms with Crippen LogP contribution in [0.4, 0.5) is 11.4 Å². The minimum absolute atomic E-state index is 0.0131.